The Morgan fingerprint density at radius 3 is 2.40 bits per heavy atom. The highest BCUT2D eigenvalue weighted by atomic mass is 14.9. The molecule has 0 aromatic carbocycles. The second kappa shape index (κ2) is 9.63. The molecular weight excluding hydrogens is 242 g/mol. The van der Waals surface area contributed by atoms with Crippen molar-refractivity contribution in [2.75, 3.05) is 6.54 Å². The lowest BCUT2D eigenvalue weighted by Gasteiger charge is -2.26. The molecule has 114 valence electrons. The Morgan fingerprint density at radius 1 is 1.20 bits per heavy atom. The molecule has 0 aliphatic carbocycles. The van der Waals surface area contributed by atoms with Gasteiger partial charge in [0.05, 0.1) is 0 Å². The second-order valence-electron chi connectivity index (χ2n) is 6.29. The van der Waals surface area contributed by atoms with Gasteiger partial charge in [-0.3, -0.25) is 0 Å². The van der Waals surface area contributed by atoms with E-state index in [0.717, 1.165) is 12.2 Å². The van der Waals surface area contributed by atoms with Gasteiger partial charge in [-0.15, -0.1) is 0 Å². The van der Waals surface area contributed by atoms with Gasteiger partial charge in [-0.2, -0.15) is 0 Å². The summed E-state index contributed by atoms with van der Waals surface area (Å²) in [5, 5.41) is 3.50. The van der Waals surface area contributed by atoms with Crippen LogP contribution in [0.25, 0.3) is 0 Å². The zero-order valence-corrected chi connectivity index (χ0v) is 14.3. The molecule has 0 saturated carbocycles. The van der Waals surface area contributed by atoms with Crippen LogP contribution in [-0.4, -0.2) is 6.54 Å². The van der Waals surface area contributed by atoms with E-state index in [2.05, 4.69) is 58.7 Å². The van der Waals surface area contributed by atoms with E-state index in [4.69, 9.17) is 0 Å². The minimum atomic E-state index is 0.327. The van der Waals surface area contributed by atoms with Crippen molar-refractivity contribution in [2.24, 2.45) is 5.41 Å². The Bertz CT molecular complexity index is 381. The van der Waals surface area contributed by atoms with Crippen LogP contribution >= 0.6 is 0 Å². The number of nitrogens with one attached hydrogen (secondary N) is 1. The molecule has 1 heteroatoms. The van der Waals surface area contributed by atoms with Crippen LogP contribution in [0.2, 0.25) is 0 Å². The van der Waals surface area contributed by atoms with Crippen LogP contribution < -0.4 is 5.32 Å². The molecule has 0 aromatic heterocycles. The minimum Gasteiger partial charge on any atom is -0.385 e. The molecule has 0 spiro atoms. The number of hydrogen-bond acceptors (Lipinski definition) is 1. The van der Waals surface area contributed by atoms with Gasteiger partial charge in [-0.25, -0.2) is 0 Å². The zero-order valence-electron chi connectivity index (χ0n) is 14.3. The third-order valence-corrected chi connectivity index (χ3v) is 3.68. The average Bonchev–Trinajstić information content (AvgIpc) is 2.42. The van der Waals surface area contributed by atoms with Crippen molar-refractivity contribution in [3.63, 3.8) is 0 Å². The number of hydrogen-bond donors (Lipinski definition) is 1. The summed E-state index contributed by atoms with van der Waals surface area (Å²) in [6, 6.07) is 0. The number of unbranched alkanes of at least 4 members (excludes halogenated alkanes) is 1. The molecule has 1 nitrogen and oxygen atoms in total. The van der Waals surface area contributed by atoms with Crippen LogP contribution in [0.15, 0.2) is 47.7 Å². The van der Waals surface area contributed by atoms with E-state index in [0.29, 0.717) is 5.41 Å². The summed E-state index contributed by atoms with van der Waals surface area (Å²) in [7, 11) is 0. The molecule has 0 radical (unpaired) electrons. The molecule has 0 bridgehead atoms. The molecule has 0 aliphatic heterocycles. The fourth-order valence-electron chi connectivity index (χ4n) is 1.90. The molecule has 0 amide bonds. The Labute approximate surface area is 126 Å². The van der Waals surface area contributed by atoms with Crippen LogP contribution in [0.5, 0.6) is 0 Å². The minimum absolute atomic E-state index is 0.327. The Kier molecular flexibility index (Phi) is 9.03. The molecular formula is C19H33N. The third-order valence-electron chi connectivity index (χ3n) is 3.68. The van der Waals surface area contributed by atoms with E-state index in [9.17, 15) is 0 Å². The molecule has 0 unspecified atom stereocenters. The van der Waals surface area contributed by atoms with Crippen molar-refractivity contribution in [3.05, 3.63) is 47.7 Å². The maximum atomic E-state index is 4.17. The summed E-state index contributed by atoms with van der Waals surface area (Å²) < 4.78 is 0. The summed E-state index contributed by atoms with van der Waals surface area (Å²) in [4.78, 5) is 0. The normalized spacial score (nSPS) is 13.9. The number of allylic oxidation sites excluding steroid dienone is 6. The van der Waals surface area contributed by atoms with Gasteiger partial charge < -0.3 is 5.32 Å². The van der Waals surface area contributed by atoms with Crippen LogP contribution in [-0.2, 0) is 0 Å². The van der Waals surface area contributed by atoms with Crippen molar-refractivity contribution >= 4 is 0 Å². The Balaban J connectivity index is 4.49. The van der Waals surface area contributed by atoms with Crippen LogP contribution in [0, 0.1) is 5.41 Å². The summed E-state index contributed by atoms with van der Waals surface area (Å²) >= 11 is 0. The summed E-state index contributed by atoms with van der Waals surface area (Å²) in [6.45, 7) is 18.3. The lowest BCUT2D eigenvalue weighted by Crippen LogP contribution is -2.29. The van der Waals surface area contributed by atoms with Crippen molar-refractivity contribution in [2.45, 2.75) is 60.8 Å². The van der Waals surface area contributed by atoms with E-state index < -0.39 is 0 Å². The van der Waals surface area contributed by atoms with Gasteiger partial charge in [0.1, 0.15) is 0 Å². The maximum Gasteiger partial charge on any atom is 0.0299 e. The van der Waals surface area contributed by atoms with Gasteiger partial charge in [0.25, 0.3) is 0 Å². The summed E-state index contributed by atoms with van der Waals surface area (Å²) in [6.07, 6.45) is 12.1. The van der Waals surface area contributed by atoms with E-state index in [1.165, 1.54) is 30.4 Å². The lowest BCUT2D eigenvalue weighted by molar-refractivity contribution is 0.316. The van der Waals surface area contributed by atoms with Gasteiger partial charge in [0, 0.05) is 12.2 Å². The fourth-order valence-corrected chi connectivity index (χ4v) is 1.90. The van der Waals surface area contributed by atoms with E-state index in [1.807, 2.05) is 19.1 Å². The molecule has 0 fully saturated rings. The second-order valence-corrected chi connectivity index (χ2v) is 6.29. The van der Waals surface area contributed by atoms with E-state index in [1.54, 1.807) is 0 Å². The molecule has 1 N–H and O–H groups in total. The molecule has 0 rings (SSSR count). The quantitative estimate of drug-likeness (QED) is 0.526. The molecule has 0 saturated heterocycles. The Morgan fingerprint density at radius 2 is 1.85 bits per heavy atom. The predicted octanol–water partition coefficient (Wildman–Crippen LogP) is 5.77. The molecule has 0 atom stereocenters. The Hall–Kier alpha value is -1.24. The van der Waals surface area contributed by atoms with Gasteiger partial charge in [-0.1, -0.05) is 64.5 Å². The molecule has 20 heavy (non-hydrogen) atoms. The first-order valence-electron chi connectivity index (χ1n) is 7.74. The topological polar surface area (TPSA) is 12.0 Å². The highest BCUT2D eigenvalue weighted by molar-refractivity contribution is 5.36. The SMILES string of the molecule is C=C(NCC(C)(C)CCCC)\C(C)=C(C)/C=C\C=C/C. The monoisotopic (exact) mass is 275 g/mol. The fraction of sp³-hybridized carbons (Fsp3) is 0.579. The van der Waals surface area contributed by atoms with Gasteiger partial charge >= 0.3 is 0 Å². The average molecular weight is 275 g/mol. The number of rotatable bonds is 9. The summed E-state index contributed by atoms with van der Waals surface area (Å²) in [5.41, 5.74) is 3.86. The highest BCUT2D eigenvalue weighted by Crippen LogP contribution is 2.23. The molecule has 0 aromatic rings. The highest BCUT2D eigenvalue weighted by Gasteiger charge is 2.17. The maximum absolute atomic E-state index is 4.17. The third kappa shape index (κ3) is 8.04. The van der Waals surface area contributed by atoms with Gasteiger partial charge in [-0.05, 0) is 43.8 Å². The lowest BCUT2D eigenvalue weighted by atomic mass is 9.87. The first kappa shape index (κ1) is 18.8. The zero-order chi connectivity index (χ0) is 15.6. The van der Waals surface area contributed by atoms with E-state index >= 15 is 0 Å². The van der Waals surface area contributed by atoms with E-state index in [-0.39, 0.29) is 0 Å². The van der Waals surface area contributed by atoms with Crippen molar-refractivity contribution in [1.82, 2.24) is 5.32 Å². The van der Waals surface area contributed by atoms with Gasteiger partial charge in [0.15, 0.2) is 0 Å². The van der Waals surface area contributed by atoms with Crippen molar-refractivity contribution in [3.8, 4) is 0 Å². The first-order valence-corrected chi connectivity index (χ1v) is 7.74. The van der Waals surface area contributed by atoms with Crippen molar-refractivity contribution < 1.29 is 0 Å². The van der Waals surface area contributed by atoms with Crippen molar-refractivity contribution in [1.29, 1.82) is 0 Å². The van der Waals surface area contributed by atoms with Crippen LogP contribution in [0.3, 0.4) is 0 Å². The van der Waals surface area contributed by atoms with Crippen LogP contribution in [0.1, 0.15) is 60.8 Å². The summed E-state index contributed by atoms with van der Waals surface area (Å²) in [5.74, 6) is 0. The van der Waals surface area contributed by atoms with Gasteiger partial charge in [0.2, 0.25) is 0 Å². The standard InChI is InChI=1S/C19H33N/c1-8-10-12-13-16(3)17(4)18(5)20-15-19(6,7)14-11-9-2/h8,10,12-13,20H,5,9,11,14-15H2,1-4,6-7H3/b10-8-,13-12-,17-16-. The van der Waals surface area contributed by atoms with Crippen LogP contribution in [0.4, 0.5) is 0 Å². The predicted molar refractivity (Wildman–Crippen MR) is 92.8 cm³/mol. The largest absolute Gasteiger partial charge is 0.385 e. The smallest absolute Gasteiger partial charge is 0.0299 e. The first-order chi connectivity index (χ1) is 9.34. The molecule has 0 heterocycles. The molecule has 0 aliphatic rings.